The molecule has 1 saturated carbocycles. The molecule has 0 unspecified atom stereocenters. The van der Waals surface area contributed by atoms with Crippen molar-refractivity contribution in [2.45, 2.75) is 64.3 Å². The molecule has 0 aromatic heterocycles. The van der Waals surface area contributed by atoms with E-state index in [2.05, 4.69) is 18.7 Å². The Morgan fingerprint density at radius 2 is 1.69 bits per heavy atom. The molecule has 2 rings (SSSR count). The summed E-state index contributed by atoms with van der Waals surface area (Å²) in [7, 11) is 0. The maximum Gasteiger partial charge on any atom is 0.0331 e. The number of hydrogen-bond acceptors (Lipinski definition) is 2. The van der Waals surface area contributed by atoms with Crippen molar-refractivity contribution in [1.29, 1.82) is 0 Å². The summed E-state index contributed by atoms with van der Waals surface area (Å²) in [6.45, 7) is 8.21. The maximum absolute atomic E-state index is 6.12. The second-order valence-electron chi connectivity index (χ2n) is 6.68. The van der Waals surface area contributed by atoms with Crippen LogP contribution in [0.3, 0.4) is 0 Å². The normalized spacial score (nSPS) is 30.2. The lowest BCUT2D eigenvalue weighted by Gasteiger charge is -2.51. The van der Waals surface area contributed by atoms with E-state index in [1.807, 2.05) is 0 Å². The average molecular weight is 224 g/mol. The summed E-state index contributed by atoms with van der Waals surface area (Å²) in [5.74, 6) is 0. The minimum atomic E-state index is 0.357. The lowest BCUT2D eigenvalue weighted by Crippen LogP contribution is -2.59. The summed E-state index contributed by atoms with van der Waals surface area (Å²) in [5, 5.41) is 0. The molecule has 0 bridgehead atoms. The average Bonchev–Trinajstić information content (AvgIpc) is 2.29. The van der Waals surface area contributed by atoms with Gasteiger partial charge in [-0.3, -0.25) is 4.90 Å². The minimum Gasteiger partial charge on any atom is -0.329 e. The Morgan fingerprint density at radius 1 is 1.00 bits per heavy atom. The van der Waals surface area contributed by atoms with E-state index < -0.39 is 0 Å². The summed E-state index contributed by atoms with van der Waals surface area (Å²) in [6, 6.07) is 0. The van der Waals surface area contributed by atoms with Gasteiger partial charge in [0.1, 0.15) is 0 Å². The largest absolute Gasteiger partial charge is 0.329 e. The summed E-state index contributed by atoms with van der Waals surface area (Å²) in [6.07, 6.45) is 9.58. The van der Waals surface area contributed by atoms with Crippen LogP contribution in [0, 0.1) is 5.41 Å². The molecule has 94 valence electrons. The van der Waals surface area contributed by atoms with Crippen LogP contribution in [0.1, 0.15) is 58.8 Å². The lowest BCUT2D eigenvalue weighted by atomic mass is 9.76. The summed E-state index contributed by atoms with van der Waals surface area (Å²) in [5.41, 5.74) is 6.97. The van der Waals surface area contributed by atoms with Gasteiger partial charge >= 0.3 is 0 Å². The molecule has 1 aliphatic carbocycles. The SMILES string of the molecule is CC1(C)CCCN(C2(CN)CCCCC2)C1. The van der Waals surface area contributed by atoms with E-state index in [1.165, 1.54) is 58.0 Å². The molecule has 2 N–H and O–H groups in total. The zero-order chi connectivity index (χ0) is 11.6. The zero-order valence-corrected chi connectivity index (χ0v) is 11.1. The Bertz CT molecular complexity index is 229. The first-order chi connectivity index (χ1) is 7.58. The highest BCUT2D eigenvalue weighted by atomic mass is 15.2. The van der Waals surface area contributed by atoms with Gasteiger partial charge in [-0.05, 0) is 37.6 Å². The van der Waals surface area contributed by atoms with E-state index in [0.29, 0.717) is 11.0 Å². The van der Waals surface area contributed by atoms with Gasteiger partial charge in [-0.15, -0.1) is 0 Å². The lowest BCUT2D eigenvalue weighted by molar-refractivity contribution is -0.00327. The van der Waals surface area contributed by atoms with Gasteiger partial charge in [0.25, 0.3) is 0 Å². The second-order valence-corrected chi connectivity index (χ2v) is 6.68. The van der Waals surface area contributed by atoms with Crippen molar-refractivity contribution >= 4 is 0 Å². The number of likely N-dealkylation sites (tertiary alicyclic amines) is 1. The molecule has 0 amide bonds. The second kappa shape index (κ2) is 4.66. The number of nitrogens with two attached hydrogens (primary N) is 1. The van der Waals surface area contributed by atoms with Crippen molar-refractivity contribution in [2.75, 3.05) is 19.6 Å². The fourth-order valence-electron chi connectivity index (χ4n) is 3.69. The quantitative estimate of drug-likeness (QED) is 0.781. The maximum atomic E-state index is 6.12. The minimum absolute atomic E-state index is 0.357. The van der Waals surface area contributed by atoms with Crippen molar-refractivity contribution in [1.82, 2.24) is 4.90 Å². The van der Waals surface area contributed by atoms with E-state index in [1.54, 1.807) is 0 Å². The molecule has 2 heteroatoms. The third-order valence-corrected chi connectivity index (χ3v) is 4.74. The van der Waals surface area contributed by atoms with Crippen LogP contribution in [0.4, 0.5) is 0 Å². The predicted molar refractivity (Wildman–Crippen MR) is 69.5 cm³/mol. The summed E-state index contributed by atoms with van der Waals surface area (Å²) >= 11 is 0. The summed E-state index contributed by atoms with van der Waals surface area (Å²) < 4.78 is 0. The van der Waals surface area contributed by atoms with Crippen LogP contribution in [0.25, 0.3) is 0 Å². The molecule has 0 radical (unpaired) electrons. The van der Waals surface area contributed by atoms with Gasteiger partial charge < -0.3 is 5.73 Å². The van der Waals surface area contributed by atoms with Crippen LogP contribution in [-0.4, -0.2) is 30.1 Å². The number of nitrogens with zero attached hydrogens (tertiary/aromatic N) is 1. The first-order valence-corrected chi connectivity index (χ1v) is 7.03. The highest BCUT2D eigenvalue weighted by Crippen LogP contribution is 2.38. The van der Waals surface area contributed by atoms with Crippen LogP contribution < -0.4 is 5.73 Å². The standard InChI is InChI=1S/C14H28N2/c1-13(2)7-6-10-16(12-13)14(11-15)8-4-3-5-9-14/h3-12,15H2,1-2H3. The van der Waals surface area contributed by atoms with Gasteiger partial charge in [-0.25, -0.2) is 0 Å². The van der Waals surface area contributed by atoms with Gasteiger partial charge in [-0.2, -0.15) is 0 Å². The third-order valence-electron chi connectivity index (χ3n) is 4.74. The van der Waals surface area contributed by atoms with Crippen LogP contribution in [0.2, 0.25) is 0 Å². The Labute approximate surface area is 101 Å². The molecule has 0 spiro atoms. The molecule has 2 aliphatic rings. The Hall–Kier alpha value is -0.0800. The number of hydrogen-bond donors (Lipinski definition) is 1. The van der Waals surface area contributed by atoms with E-state index in [9.17, 15) is 0 Å². The molecule has 1 aliphatic heterocycles. The van der Waals surface area contributed by atoms with Crippen LogP contribution in [-0.2, 0) is 0 Å². The molecule has 1 heterocycles. The topological polar surface area (TPSA) is 29.3 Å². The van der Waals surface area contributed by atoms with Crippen LogP contribution >= 0.6 is 0 Å². The van der Waals surface area contributed by atoms with Gasteiger partial charge in [0, 0.05) is 18.6 Å². The van der Waals surface area contributed by atoms with Crippen LogP contribution in [0.15, 0.2) is 0 Å². The smallest absolute Gasteiger partial charge is 0.0331 e. The highest BCUT2D eigenvalue weighted by molar-refractivity contribution is 4.97. The van der Waals surface area contributed by atoms with Gasteiger partial charge in [-0.1, -0.05) is 33.1 Å². The Balaban J connectivity index is 2.08. The molecule has 2 fully saturated rings. The third kappa shape index (κ3) is 2.43. The fourth-order valence-corrected chi connectivity index (χ4v) is 3.69. The molecule has 0 atom stereocenters. The van der Waals surface area contributed by atoms with E-state index in [4.69, 9.17) is 5.73 Å². The molecular weight excluding hydrogens is 196 g/mol. The Kier molecular flexibility index (Phi) is 3.60. The van der Waals surface area contributed by atoms with Gasteiger partial charge in [0.2, 0.25) is 0 Å². The molecule has 2 nitrogen and oxygen atoms in total. The fraction of sp³-hybridized carbons (Fsp3) is 1.00. The van der Waals surface area contributed by atoms with E-state index >= 15 is 0 Å². The van der Waals surface area contributed by atoms with Crippen molar-refractivity contribution in [3.05, 3.63) is 0 Å². The summed E-state index contributed by atoms with van der Waals surface area (Å²) in [4.78, 5) is 2.73. The van der Waals surface area contributed by atoms with E-state index in [0.717, 1.165) is 6.54 Å². The number of piperidine rings is 1. The van der Waals surface area contributed by atoms with Crippen molar-refractivity contribution in [3.8, 4) is 0 Å². The Morgan fingerprint density at radius 3 is 2.25 bits per heavy atom. The zero-order valence-electron chi connectivity index (χ0n) is 11.1. The highest BCUT2D eigenvalue weighted by Gasteiger charge is 2.40. The molecular formula is C14H28N2. The van der Waals surface area contributed by atoms with Crippen LogP contribution in [0.5, 0.6) is 0 Å². The van der Waals surface area contributed by atoms with Gasteiger partial charge in [0.15, 0.2) is 0 Å². The predicted octanol–water partition coefficient (Wildman–Crippen LogP) is 2.77. The number of rotatable bonds is 2. The molecule has 1 saturated heterocycles. The molecule has 0 aromatic rings. The first-order valence-electron chi connectivity index (χ1n) is 7.03. The van der Waals surface area contributed by atoms with Crippen molar-refractivity contribution in [3.63, 3.8) is 0 Å². The van der Waals surface area contributed by atoms with Crippen molar-refractivity contribution in [2.24, 2.45) is 11.1 Å². The molecule has 16 heavy (non-hydrogen) atoms. The van der Waals surface area contributed by atoms with E-state index in [-0.39, 0.29) is 0 Å². The molecule has 0 aromatic carbocycles. The first kappa shape index (κ1) is 12.4. The monoisotopic (exact) mass is 224 g/mol. The van der Waals surface area contributed by atoms with Crippen molar-refractivity contribution < 1.29 is 0 Å². The van der Waals surface area contributed by atoms with Gasteiger partial charge in [0.05, 0.1) is 0 Å².